The molecule has 0 spiro atoms. The van der Waals surface area contributed by atoms with Gasteiger partial charge in [0, 0.05) is 64.1 Å². The Balaban J connectivity index is 1.13. The van der Waals surface area contributed by atoms with Gasteiger partial charge >= 0.3 is 0 Å². The van der Waals surface area contributed by atoms with Crippen molar-refractivity contribution >= 4 is 58.1 Å². The monoisotopic (exact) mass is 572 g/mol. The van der Waals surface area contributed by atoms with Crippen LogP contribution in [-0.2, 0) is 4.79 Å². The molecule has 0 saturated carbocycles. The van der Waals surface area contributed by atoms with E-state index in [4.69, 9.17) is 32.9 Å². The molecule has 0 bridgehead atoms. The molecule has 38 heavy (non-hydrogen) atoms. The Bertz CT molecular complexity index is 1250. The fourth-order valence-electron chi connectivity index (χ4n) is 4.72. The fraction of sp³-hybridized carbons (Fsp3) is 0.370. The van der Waals surface area contributed by atoms with Gasteiger partial charge in [0.05, 0.1) is 23.6 Å². The van der Waals surface area contributed by atoms with Gasteiger partial charge in [0.2, 0.25) is 5.91 Å². The van der Waals surface area contributed by atoms with Crippen LogP contribution < -0.4 is 19.4 Å². The molecule has 0 radical (unpaired) electrons. The third-order valence-electron chi connectivity index (χ3n) is 6.85. The zero-order valence-corrected chi connectivity index (χ0v) is 23.6. The SMILES string of the molecule is COc1ccc(N2CCN(c3cc(Cl)nc(SCC(=O)N4CCN(c5ccccc5Cl)CC4)n3)CC2)cc1. The Morgan fingerprint density at radius 3 is 2.21 bits per heavy atom. The quantitative estimate of drug-likeness (QED) is 0.232. The molecule has 8 nitrogen and oxygen atoms in total. The Hall–Kier alpha value is -2.88. The van der Waals surface area contributed by atoms with E-state index in [2.05, 4.69) is 31.8 Å². The number of para-hydroxylation sites is 1. The number of aromatic nitrogens is 2. The maximum Gasteiger partial charge on any atom is 0.233 e. The number of anilines is 3. The number of piperazine rings is 2. The van der Waals surface area contributed by atoms with Crippen LogP contribution in [0.5, 0.6) is 5.75 Å². The number of halogens is 2. The predicted molar refractivity (Wildman–Crippen MR) is 155 cm³/mol. The number of carbonyl (C=O) groups excluding carboxylic acids is 1. The summed E-state index contributed by atoms with van der Waals surface area (Å²) < 4.78 is 5.26. The number of amides is 1. The topological polar surface area (TPSA) is 65.0 Å². The van der Waals surface area contributed by atoms with Crippen LogP contribution in [0.4, 0.5) is 17.2 Å². The lowest BCUT2D eigenvalue weighted by molar-refractivity contribution is -0.128. The first-order valence-electron chi connectivity index (χ1n) is 12.6. The van der Waals surface area contributed by atoms with Crippen LogP contribution in [0.25, 0.3) is 0 Å². The van der Waals surface area contributed by atoms with Crippen molar-refractivity contribution in [2.24, 2.45) is 0 Å². The van der Waals surface area contributed by atoms with Crippen LogP contribution in [0, 0.1) is 0 Å². The van der Waals surface area contributed by atoms with Crippen molar-refractivity contribution in [3.8, 4) is 5.75 Å². The van der Waals surface area contributed by atoms with Gasteiger partial charge < -0.3 is 24.3 Å². The third-order valence-corrected chi connectivity index (χ3v) is 8.20. The highest BCUT2D eigenvalue weighted by Crippen LogP contribution is 2.27. The van der Waals surface area contributed by atoms with Crippen LogP contribution >= 0.6 is 35.0 Å². The largest absolute Gasteiger partial charge is 0.497 e. The molecule has 200 valence electrons. The first kappa shape index (κ1) is 26.7. The zero-order chi connectivity index (χ0) is 26.5. The summed E-state index contributed by atoms with van der Waals surface area (Å²) in [4.78, 5) is 30.7. The summed E-state index contributed by atoms with van der Waals surface area (Å²) in [6.07, 6.45) is 0. The molecule has 2 aliphatic heterocycles. The molecular formula is C27H30Cl2N6O2S. The lowest BCUT2D eigenvalue weighted by Gasteiger charge is -2.37. The number of carbonyl (C=O) groups is 1. The van der Waals surface area contributed by atoms with Crippen molar-refractivity contribution in [2.45, 2.75) is 5.16 Å². The number of benzene rings is 2. The average molecular weight is 574 g/mol. The van der Waals surface area contributed by atoms with E-state index in [9.17, 15) is 4.79 Å². The van der Waals surface area contributed by atoms with E-state index in [0.717, 1.165) is 61.5 Å². The number of nitrogens with zero attached hydrogens (tertiary/aromatic N) is 6. The highest BCUT2D eigenvalue weighted by Gasteiger charge is 2.24. The number of methoxy groups -OCH3 is 1. The molecule has 5 rings (SSSR count). The predicted octanol–water partition coefficient (Wildman–Crippen LogP) is 4.56. The van der Waals surface area contributed by atoms with Crippen molar-refractivity contribution in [1.29, 1.82) is 0 Å². The van der Waals surface area contributed by atoms with Crippen LogP contribution in [0.2, 0.25) is 10.2 Å². The summed E-state index contributed by atoms with van der Waals surface area (Å²) in [5, 5.41) is 1.64. The second-order valence-corrected chi connectivity index (χ2v) is 10.8. The zero-order valence-electron chi connectivity index (χ0n) is 21.2. The Morgan fingerprint density at radius 2 is 1.53 bits per heavy atom. The van der Waals surface area contributed by atoms with Gasteiger partial charge in [0.1, 0.15) is 16.7 Å². The highest BCUT2D eigenvalue weighted by molar-refractivity contribution is 7.99. The van der Waals surface area contributed by atoms with Crippen molar-refractivity contribution < 1.29 is 9.53 Å². The van der Waals surface area contributed by atoms with Gasteiger partial charge in [0.15, 0.2) is 5.16 Å². The molecule has 2 aromatic carbocycles. The molecule has 0 unspecified atom stereocenters. The molecule has 11 heteroatoms. The normalized spacial score (nSPS) is 16.1. The summed E-state index contributed by atoms with van der Waals surface area (Å²) in [5.41, 5.74) is 2.19. The van der Waals surface area contributed by atoms with Gasteiger partial charge in [-0.15, -0.1) is 0 Å². The molecule has 3 heterocycles. The van der Waals surface area contributed by atoms with Gasteiger partial charge in [-0.2, -0.15) is 0 Å². The van der Waals surface area contributed by atoms with E-state index in [1.807, 2.05) is 41.3 Å². The molecule has 2 fully saturated rings. The summed E-state index contributed by atoms with van der Waals surface area (Å²) in [7, 11) is 1.67. The van der Waals surface area contributed by atoms with E-state index in [1.165, 1.54) is 17.4 Å². The van der Waals surface area contributed by atoms with E-state index in [1.54, 1.807) is 13.2 Å². The second-order valence-electron chi connectivity index (χ2n) is 9.11. The van der Waals surface area contributed by atoms with Gasteiger partial charge in [-0.05, 0) is 36.4 Å². The molecule has 1 aromatic heterocycles. The lowest BCUT2D eigenvalue weighted by Crippen LogP contribution is -2.49. The fourth-order valence-corrected chi connectivity index (χ4v) is 5.96. The van der Waals surface area contributed by atoms with Crippen molar-refractivity contribution in [3.63, 3.8) is 0 Å². The Kier molecular flexibility index (Phi) is 8.66. The number of hydrogen-bond acceptors (Lipinski definition) is 8. The Morgan fingerprint density at radius 1 is 0.868 bits per heavy atom. The van der Waals surface area contributed by atoms with Gasteiger partial charge in [-0.3, -0.25) is 4.79 Å². The summed E-state index contributed by atoms with van der Waals surface area (Å²) >= 11 is 14.0. The number of rotatable bonds is 7. The van der Waals surface area contributed by atoms with Gasteiger partial charge in [-0.25, -0.2) is 9.97 Å². The number of thioether (sulfide) groups is 1. The maximum atomic E-state index is 12.9. The van der Waals surface area contributed by atoms with Crippen molar-refractivity contribution in [2.75, 3.05) is 79.9 Å². The van der Waals surface area contributed by atoms with Gasteiger partial charge in [0.25, 0.3) is 0 Å². The van der Waals surface area contributed by atoms with Crippen LogP contribution in [-0.4, -0.2) is 86.0 Å². The second kappa shape index (κ2) is 12.3. The molecule has 2 saturated heterocycles. The Labute approximate surface area is 237 Å². The van der Waals surface area contributed by atoms with E-state index >= 15 is 0 Å². The maximum absolute atomic E-state index is 12.9. The molecular weight excluding hydrogens is 543 g/mol. The highest BCUT2D eigenvalue weighted by atomic mass is 35.5. The molecule has 2 aliphatic rings. The van der Waals surface area contributed by atoms with Crippen molar-refractivity contribution in [3.05, 3.63) is 64.8 Å². The van der Waals surface area contributed by atoms with Crippen LogP contribution in [0.3, 0.4) is 0 Å². The summed E-state index contributed by atoms with van der Waals surface area (Å²) in [5.74, 6) is 2.00. The molecule has 0 atom stereocenters. The minimum absolute atomic E-state index is 0.0760. The molecule has 0 N–H and O–H groups in total. The smallest absolute Gasteiger partial charge is 0.233 e. The van der Waals surface area contributed by atoms with E-state index in [-0.39, 0.29) is 11.7 Å². The first-order chi connectivity index (χ1) is 18.5. The van der Waals surface area contributed by atoms with Crippen molar-refractivity contribution in [1.82, 2.24) is 14.9 Å². The van der Waals surface area contributed by atoms with Crippen LogP contribution in [0.15, 0.2) is 59.8 Å². The standard InChI is InChI=1S/C27H30Cl2N6O2S/c1-37-21-8-6-20(7-9-21)32-10-14-34(15-11-32)25-18-24(29)30-27(31-25)38-19-26(36)35-16-12-33(13-17-35)23-5-3-2-4-22(23)28/h2-9,18H,10-17,19H2,1H3. The first-order valence-corrected chi connectivity index (χ1v) is 14.3. The van der Waals surface area contributed by atoms with E-state index in [0.29, 0.717) is 23.4 Å². The summed E-state index contributed by atoms with van der Waals surface area (Å²) in [6.45, 7) is 6.19. The molecule has 0 aliphatic carbocycles. The third kappa shape index (κ3) is 6.39. The molecule has 1 amide bonds. The number of ether oxygens (including phenoxy) is 1. The van der Waals surface area contributed by atoms with Gasteiger partial charge in [-0.1, -0.05) is 47.1 Å². The van der Waals surface area contributed by atoms with Crippen LogP contribution in [0.1, 0.15) is 0 Å². The van der Waals surface area contributed by atoms with E-state index < -0.39 is 0 Å². The lowest BCUT2D eigenvalue weighted by atomic mass is 10.2. The average Bonchev–Trinajstić information content (AvgIpc) is 2.96. The minimum Gasteiger partial charge on any atom is -0.497 e. The number of hydrogen-bond donors (Lipinski definition) is 0. The summed E-state index contributed by atoms with van der Waals surface area (Å²) in [6, 6.07) is 17.7. The minimum atomic E-state index is 0.0760. The molecule has 3 aromatic rings.